The van der Waals surface area contributed by atoms with Gasteiger partial charge in [-0.15, -0.1) is 11.3 Å². The molecule has 0 aliphatic heterocycles. The van der Waals surface area contributed by atoms with Gasteiger partial charge in [-0.25, -0.2) is 15.0 Å². The Labute approximate surface area is 202 Å². The summed E-state index contributed by atoms with van der Waals surface area (Å²) in [6.45, 7) is 4.52. The van der Waals surface area contributed by atoms with Gasteiger partial charge < -0.3 is 4.90 Å². The number of thiophene rings is 1. The summed E-state index contributed by atoms with van der Waals surface area (Å²) in [7, 11) is 1.82. The second kappa shape index (κ2) is 9.39. The first-order chi connectivity index (χ1) is 16.0. The summed E-state index contributed by atoms with van der Waals surface area (Å²) in [5, 5.41) is 2.09. The Bertz CT molecular complexity index is 1320. The smallest absolute Gasteiger partial charge is 0.237 e. The van der Waals surface area contributed by atoms with E-state index in [-0.39, 0.29) is 5.91 Å². The third-order valence-corrected chi connectivity index (χ3v) is 8.41. The molecule has 170 valence electrons. The number of para-hydroxylation sites is 1. The number of nitrogens with zero attached hydrogens (tertiary/aromatic N) is 4. The van der Waals surface area contributed by atoms with Crippen molar-refractivity contribution < 1.29 is 4.79 Å². The van der Waals surface area contributed by atoms with Crippen LogP contribution in [-0.4, -0.2) is 33.7 Å². The number of aromatic nitrogens is 3. The zero-order chi connectivity index (χ0) is 22.9. The number of fused-ring (bicyclic) bond motifs is 5. The van der Waals surface area contributed by atoms with E-state index in [9.17, 15) is 4.79 Å². The lowest BCUT2D eigenvalue weighted by atomic mass is 9.87. The van der Waals surface area contributed by atoms with E-state index in [1.165, 1.54) is 46.8 Å². The summed E-state index contributed by atoms with van der Waals surface area (Å²) < 4.78 is 1.05. The monoisotopic (exact) mass is 476 g/mol. The minimum absolute atomic E-state index is 0.0498. The van der Waals surface area contributed by atoms with Gasteiger partial charge in [-0.2, -0.15) is 0 Å². The van der Waals surface area contributed by atoms with E-state index in [1.807, 2.05) is 37.4 Å². The van der Waals surface area contributed by atoms with Crippen LogP contribution >= 0.6 is 23.1 Å². The molecule has 0 atom stereocenters. The fraction of sp³-hybridized carbons (Fsp3) is 0.385. The molecule has 1 aromatic carbocycles. The van der Waals surface area contributed by atoms with Crippen molar-refractivity contribution in [1.82, 2.24) is 15.0 Å². The number of thioether (sulfide) groups is 1. The molecule has 5 rings (SSSR count). The zero-order valence-electron chi connectivity index (χ0n) is 19.3. The number of aryl methyl sites for hydroxylation is 1. The molecule has 33 heavy (non-hydrogen) atoms. The first-order valence-corrected chi connectivity index (χ1v) is 13.4. The number of carbonyl (C=O) groups is 1. The lowest BCUT2D eigenvalue weighted by molar-refractivity contribution is -0.115. The maximum absolute atomic E-state index is 12.8. The molecule has 0 bridgehead atoms. The molecular weight excluding hydrogens is 448 g/mol. The lowest BCUT2D eigenvalue weighted by Gasteiger charge is -2.20. The molecule has 0 unspecified atom stereocenters. The van der Waals surface area contributed by atoms with E-state index in [1.54, 1.807) is 22.6 Å². The van der Waals surface area contributed by atoms with Crippen LogP contribution in [0.1, 0.15) is 43.5 Å². The summed E-state index contributed by atoms with van der Waals surface area (Å²) in [6, 6.07) is 9.73. The third-order valence-electron chi connectivity index (χ3n) is 6.23. The predicted octanol–water partition coefficient (Wildman–Crippen LogP) is 6.07. The Balaban J connectivity index is 1.50. The number of hydrogen-bond donors (Lipinski definition) is 0. The van der Waals surface area contributed by atoms with Gasteiger partial charge in [-0.05, 0) is 61.3 Å². The molecule has 1 aliphatic rings. The van der Waals surface area contributed by atoms with Crippen LogP contribution in [0.25, 0.3) is 20.4 Å². The van der Waals surface area contributed by atoms with Crippen molar-refractivity contribution in [2.75, 3.05) is 17.7 Å². The molecule has 0 spiro atoms. The average Bonchev–Trinajstić information content (AvgIpc) is 3.21. The van der Waals surface area contributed by atoms with Gasteiger partial charge in [0.2, 0.25) is 5.91 Å². The van der Waals surface area contributed by atoms with Crippen molar-refractivity contribution in [1.29, 1.82) is 0 Å². The number of carbonyl (C=O) groups excluding carboxylic acids is 1. The van der Waals surface area contributed by atoms with E-state index in [0.29, 0.717) is 11.7 Å². The number of benzene rings is 1. The normalized spacial score (nSPS) is 13.6. The molecule has 3 heterocycles. The Kier molecular flexibility index (Phi) is 6.34. The summed E-state index contributed by atoms with van der Waals surface area (Å²) >= 11 is 3.17. The van der Waals surface area contributed by atoms with Crippen LogP contribution in [-0.2, 0) is 24.1 Å². The van der Waals surface area contributed by atoms with Gasteiger partial charge in [0.25, 0.3) is 0 Å². The number of anilines is 1. The van der Waals surface area contributed by atoms with Gasteiger partial charge in [-0.3, -0.25) is 4.79 Å². The molecule has 0 N–H and O–H groups in total. The van der Waals surface area contributed by atoms with Crippen LogP contribution in [0.2, 0.25) is 0 Å². The molecule has 0 saturated heterocycles. The topological polar surface area (TPSA) is 59.0 Å². The van der Waals surface area contributed by atoms with Crippen molar-refractivity contribution in [3.05, 3.63) is 53.5 Å². The maximum atomic E-state index is 12.8. The molecule has 4 aromatic rings. The first-order valence-electron chi connectivity index (χ1n) is 11.5. The second-order valence-electron chi connectivity index (χ2n) is 9.04. The zero-order valence-corrected chi connectivity index (χ0v) is 20.9. The van der Waals surface area contributed by atoms with E-state index in [2.05, 4.69) is 23.8 Å². The Morgan fingerprint density at radius 3 is 2.64 bits per heavy atom. The van der Waals surface area contributed by atoms with Crippen LogP contribution in [0.3, 0.4) is 0 Å². The molecule has 0 radical (unpaired) electrons. The highest BCUT2D eigenvalue weighted by Gasteiger charge is 2.24. The highest BCUT2D eigenvalue weighted by molar-refractivity contribution is 8.00. The van der Waals surface area contributed by atoms with Crippen molar-refractivity contribution in [2.45, 2.75) is 51.0 Å². The SMILES string of the molecule is CC(C)Cc1nc2sc3c(SCC(=O)N(C)c4ccccc4)ncnc3c2c2c1CCCC2. The van der Waals surface area contributed by atoms with Crippen LogP contribution in [0.15, 0.2) is 41.7 Å². The van der Waals surface area contributed by atoms with Crippen molar-refractivity contribution in [3.8, 4) is 0 Å². The third kappa shape index (κ3) is 4.36. The number of amides is 1. The average molecular weight is 477 g/mol. The van der Waals surface area contributed by atoms with E-state index in [0.717, 1.165) is 45.0 Å². The molecule has 3 aromatic heterocycles. The van der Waals surface area contributed by atoms with Gasteiger partial charge in [0.15, 0.2) is 0 Å². The van der Waals surface area contributed by atoms with Crippen molar-refractivity contribution in [3.63, 3.8) is 0 Å². The van der Waals surface area contributed by atoms with Crippen molar-refractivity contribution >= 4 is 55.1 Å². The van der Waals surface area contributed by atoms with Gasteiger partial charge in [-0.1, -0.05) is 43.8 Å². The van der Waals surface area contributed by atoms with Gasteiger partial charge in [0.05, 0.1) is 16.0 Å². The minimum atomic E-state index is 0.0498. The number of rotatable bonds is 6. The Hall–Kier alpha value is -2.51. The lowest BCUT2D eigenvalue weighted by Crippen LogP contribution is -2.27. The predicted molar refractivity (Wildman–Crippen MR) is 138 cm³/mol. The molecule has 1 aliphatic carbocycles. The van der Waals surface area contributed by atoms with Gasteiger partial charge in [0, 0.05) is 23.8 Å². The highest BCUT2D eigenvalue weighted by atomic mass is 32.2. The summed E-state index contributed by atoms with van der Waals surface area (Å²) in [4.78, 5) is 30.0. The van der Waals surface area contributed by atoms with Gasteiger partial charge in [0.1, 0.15) is 16.2 Å². The summed E-state index contributed by atoms with van der Waals surface area (Å²) in [6.07, 6.45) is 7.32. The summed E-state index contributed by atoms with van der Waals surface area (Å²) in [5.74, 6) is 0.957. The highest BCUT2D eigenvalue weighted by Crippen LogP contribution is 2.41. The molecule has 0 saturated carbocycles. The Morgan fingerprint density at radius 2 is 1.88 bits per heavy atom. The molecule has 7 heteroatoms. The number of pyridine rings is 1. The van der Waals surface area contributed by atoms with E-state index < -0.39 is 0 Å². The molecule has 5 nitrogen and oxygen atoms in total. The fourth-order valence-electron chi connectivity index (χ4n) is 4.60. The van der Waals surface area contributed by atoms with Crippen LogP contribution < -0.4 is 4.90 Å². The van der Waals surface area contributed by atoms with E-state index in [4.69, 9.17) is 4.98 Å². The van der Waals surface area contributed by atoms with Crippen LogP contribution in [0, 0.1) is 5.92 Å². The quantitative estimate of drug-likeness (QED) is 0.250. The maximum Gasteiger partial charge on any atom is 0.237 e. The van der Waals surface area contributed by atoms with Crippen molar-refractivity contribution in [2.24, 2.45) is 5.92 Å². The summed E-state index contributed by atoms with van der Waals surface area (Å²) in [5.41, 5.74) is 6.06. The standard InChI is InChI=1S/C26H28N4OS2/c1-16(2)13-20-18-11-7-8-12-19(18)22-23-24(33-25(22)29-20)26(28-15-27-23)32-14-21(31)30(3)17-9-5-4-6-10-17/h4-6,9-10,15-16H,7-8,11-14H2,1-3H3. The largest absolute Gasteiger partial charge is 0.315 e. The van der Waals surface area contributed by atoms with Crippen LogP contribution in [0.4, 0.5) is 5.69 Å². The Morgan fingerprint density at radius 1 is 1.12 bits per heavy atom. The fourth-order valence-corrected chi connectivity index (χ4v) is 6.77. The van der Waals surface area contributed by atoms with Gasteiger partial charge >= 0.3 is 0 Å². The molecule has 0 fully saturated rings. The number of hydrogen-bond acceptors (Lipinski definition) is 6. The molecular formula is C26H28N4OS2. The van der Waals surface area contributed by atoms with Crippen LogP contribution in [0.5, 0.6) is 0 Å². The second-order valence-corrected chi connectivity index (χ2v) is 11.0. The molecule has 1 amide bonds. The first kappa shape index (κ1) is 22.3. The van der Waals surface area contributed by atoms with E-state index >= 15 is 0 Å². The minimum Gasteiger partial charge on any atom is -0.315 e.